The average Bonchev–Trinajstić information content (AvgIpc) is 2.92. The maximum absolute atomic E-state index is 12.2. The van der Waals surface area contributed by atoms with E-state index in [0.29, 0.717) is 6.54 Å². The lowest BCUT2D eigenvalue weighted by molar-refractivity contribution is -0.165. The van der Waals surface area contributed by atoms with Gasteiger partial charge in [0.15, 0.2) is 0 Å². The van der Waals surface area contributed by atoms with Crippen LogP contribution in [-0.4, -0.2) is 68.7 Å². The molecule has 5 atom stereocenters. The van der Waals surface area contributed by atoms with Crippen LogP contribution < -0.4 is 0 Å². The van der Waals surface area contributed by atoms with Crippen LogP contribution in [0.15, 0.2) is 0 Å². The van der Waals surface area contributed by atoms with Gasteiger partial charge in [0.05, 0.1) is 24.9 Å². The number of aliphatic hydroxyl groups excluding tert-OH is 3. The van der Waals surface area contributed by atoms with Gasteiger partial charge in [-0.25, -0.2) is 4.79 Å². The van der Waals surface area contributed by atoms with Gasteiger partial charge in [-0.15, -0.1) is 0 Å². The largest absolute Gasteiger partial charge is 0.459 e. The van der Waals surface area contributed by atoms with Gasteiger partial charge in [0, 0.05) is 13.0 Å². The third-order valence-corrected chi connectivity index (χ3v) is 3.58. The van der Waals surface area contributed by atoms with E-state index in [9.17, 15) is 20.1 Å². The van der Waals surface area contributed by atoms with Crippen LogP contribution >= 0.6 is 0 Å². The van der Waals surface area contributed by atoms with E-state index in [2.05, 4.69) is 0 Å². The predicted molar refractivity (Wildman–Crippen MR) is 62.8 cm³/mol. The number of esters is 1. The third-order valence-electron chi connectivity index (χ3n) is 3.58. The summed E-state index contributed by atoms with van der Waals surface area (Å²) in [6, 6.07) is -0.596. The molecule has 2 rings (SSSR count). The van der Waals surface area contributed by atoms with Crippen molar-refractivity contribution in [2.45, 2.75) is 56.6 Å². The van der Waals surface area contributed by atoms with Crippen molar-refractivity contribution in [1.82, 2.24) is 4.90 Å². The molecule has 2 fully saturated rings. The van der Waals surface area contributed by atoms with Gasteiger partial charge in [0.25, 0.3) is 0 Å². The zero-order chi connectivity index (χ0) is 13.7. The standard InChI is InChI=1S/C12H21NO5/c1-11(2,3)18-10(17)12-4-8(15)9(16)7(5-14)13(12)6-12/h7-9,14-16H,4-6H2,1-3H3/t7-,8+,9-,12-,13?/m0/s1. The van der Waals surface area contributed by atoms with Crippen LogP contribution in [0.2, 0.25) is 0 Å². The maximum Gasteiger partial charge on any atom is 0.328 e. The Balaban J connectivity index is 2.13. The second kappa shape index (κ2) is 4.16. The van der Waals surface area contributed by atoms with Crippen LogP contribution in [0.25, 0.3) is 0 Å². The minimum Gasteiger partial charge on any atom is -0.459 e. The van der Waals surface area contributed by atoms with E-state index in [0.717, 1.165) is 0 Å². The summed E-state index contributed by atoms with van der Waals surface area (Å²) in [5, 5.41) is 28.8. The first-order valence-corrected chi connectivity index (χ1v) is 6.18. The Hall–Kier alpha value is -0.690. The number of piperidine rings is 1. The van der Waals surface area contributed by atoms with Crippen molar-refractivity contribution in [3.63, 3.8) is 0 Å². The maximum atomic E-state index is 12.2. The molecule has 0 aromatic rings. The number of hydrogen-bond acceptors (Lipinski definition) is 6. The molecule has 3 N–H and O–H groups in total. The lowest BCUT2D eigenvalue weighted by Crippen LogP contribution is -2.55. The summed E-state index contributed by atoms with van der Waals surface area (Å²) in [5.74, 6) is -0.389. The zero-order valence-corrected chi connectivity index (χ0v) is 11.0. The Kier molecular flexibility index (Phi) is 3.18. The van der Waals surface area contributed by atoms with Crippen LogP contribution in [0.3, 0.4) is 0 Å². The molecule has 2 saturated heterocycles. The van der Waals surface area contributed by atoms with Crippen molar-refractivity contribution in [3.8, 4) is 0 Å². The smallest absolute Gasteiger partial charge is 0.328 e. The molecule has 2 aliphatic heterocycles. The molecule has 0 saturated carbocycles. The van der Waals surface area contributed by atoms with Crippen LogP contribution in [0.5, 0.6) is 0 Å². The van der Waals surface area contributed by atoms with Crippen molar-refractivity contribution in [2.75, 3.05) is 13.2 Å². The van der Waals surface area contributed by atoms with Gasteiger partial charge in [-0.3, -0.25) is 4.90 Å². The molecule has 0 aromatic heterocycles. The van der Waals surface area contributed by atoms with Crippen molar-refractivity contribution < 1.29 is 24.9 Å². The van der Waals surface area contributed by atoms with Gasteiger partial charge in [-0.1, -0.05) is 0 Å². The molecule has 0 amide bonds. The molecule has 104 valence electrons. The fraction of sp³-hybridized carbons (Fsp3) is 0.917. The van der Waals surface area contributed by atoms with E-state index in [4.69, 9.17) is 4.74 Å². The molecule has 1 unspecified atom stereocenters. The van der Waals surface area contributed by atoms with Crippen LogP contribution in [0.1, 0.15) is 27.2 Å². The van der Waals surface area contributed by atoms with Gasteiger partial charge in [-0.2, -0.15) is 0 Å². The average molecular weight is 259 g/mol. The molecule has 6 nitrogen and oxygen atoms in total. The number of hydrogen-bond donors (Lipinski definition) is 3. The number of carbonyl (C=O) groups excluding carboxylic acids is 1. The fourth-order valence-electron chi connectivity index (χ4n) is 2.62. The summed E-state index contributed by atoms with van der Waals surface area (Å²) in [7, 11) is 0. The molecule has 0 aromatic carbocycles. The van der Waals surface area contributed by atoms with E-state index >= 15 is 0 Å². The summed E-state index contributed by atoms with van der Waals surface area (Å²) in [5.41, 5.74) is -1.45. The summed E-state index contributed by atoms with van der Waals surface area (Å²) in [4.78, 5) is 13.9. The molecule has 18 heavy (non-hydrogen) atoms. The third kappa shape index (κ3) is 2.14. The number of aliphatic hydroxyl groups is 3. The Labute approximate surface area is 106 Å². The van der Waals surface area contributed by atoms with Gasteiger partial charge < -0.3 is 20.1 Å². The van der Waals surface area contributed by atoms with Gasteiger partial charge >= 0.3 is 5.97 Å². The SMILES string of the molecule is CC(C)(C)OC(=O)[C@@]12C[C@@H](O)[C@@H](O)[C@H](CO)N1C2. The second-order valence-electron chi connectivity index (χ2n) is 6.17. The molecule has 2 aliphatic rings. The van der Waals surface area contributed by atoms with E-state index < -0.39 is 29.4 Å². The predicted octanol–water partition coefficient (Wildman–Crippen LogP) is -1.13. The summed E-state index contributed by atoms with van der Waals surface area (Å²) >= 11 is 0. The number of rotatable bonds is 2. The van der Waals surface area contributed by atoms with Gasteiger partial charge in [0.1, 0.15) is 11.1 Å². The zero-order valence-electron chi connectivity index (χ0n) is 11.0. The van der Waals surface area contributed by atoms with E-state index in [1.807, 2.05) is 0 Å². The van der Waals surface area contributed by atoms with Crippen molar-refractivity contribution in [1.29, 1.82) is 0 Å². The molecule has 0 aliphatic carbocycles. The molecular formula is C12H21NO5. The van der Waals surface area contributed by atoms with E-state index in [-0.39, 0.29) is 19.0 Å². The minimum atomic E-state index is -1.02. The highest BCUT2D eigenvalue weighted by atomic mass is 16.6. The first-order valence-electron chi connectivity index (χ1n) is 6.18. The van der Waals surface area contributed by atoms with Gasteiger partial charge in [0.2, 0.25) is 0 Å². The van der Waals surface area contributed by atoms with E-state index in [1.165, 1.54) is 0 Å². The summed E-state index contributed by atoms with van der Waals surface area (Å²) in [6.07, 6.45) is -1.87. The van der Waals surface area contributed by atoms with Crippen molar-refractivity contribution >= 4 is 5.97 Å². The highest BCUT2D eigenvalue weighted by Crippen LogP contribution is 2.46. The summed E-state index contributed by atoms with van der Waals surface area (Å²) < 4.78 is 5.34. The van der Waals surface area contributed by atoms with Crippen LogP contribution in [-0.2, 0) is 9.53 Å². The Morgan fingerprint density at radius 2 is 2.06 bits per heavy atom. The van der Waals surface area contributed by atoms with Crippen molar-refractivity contribution in [3.05, 3.63) is 0 Å². The highest BCUT2D eigenvalue weighted by molar-refractivity contribution is 5.85. The first-order chi connectivity index (χ1) is 8.21. The number of fused-ring (bicyclic) bond motifs is 1. The number of ether oxygens (including phenoxy) is 1. The van der Waals surface area contributed by atoms with Crippen LogP contribution in [0.4, 0.5) is 0 Å². The Morgan fingerprint density at radius 3 is 2.56 bits per heavy atom. The molecular weight excluding hydrogens is 238 g/mol. The van der Waals surface area contributed by atoms with Crippen molar-refractivity contribution in [2.24, 2.45) is 0 Å². The van der Waals surface area contributed by atoms with Crippen LogP contribution in [0, 0.1) is 0 Å². The second-order valence-corrected chi connectivity index (χ2v) is 6.17. The molecule has 0 spiro atoms. The number of nitrogens with zero attached hydrogens (tertiary/aromatic N) is 1. The Morgan fingerprint density at radius 1 is 1.44 bits per heavy atom. The molecule has 0 radical (unpaired) electrons. The first kappa shape index (κ1) is 13.7. The topological polar surface area (TPSA) is 90.0 Å². The highest BCUT2D eigenvalue weighted by Gasteiger charge is 2.67. The molecule has 6 heteroatoms. The van der Waals surface area contributed by atoms with Gasteiger partial charge in [-0.05, 0) is 20.8 Å². The summed E-state index contributed by atoms with van der Waals surface area (Å²) in [6.45, 7) is 5.48. The Bertz CT molecular complexity index is 353. The fourth-order valence-corrected chi connectivity index (χ4v) is 2.62. The lowest BCUT2D eigenvalue weighted by Gasteiger charge is -2.36. The quantitative estimate of drug-likeness (QED) is 0.429. The minimum absolute atomic E-state index is 0.152. The number of carbonyl (C=O) groups is 1. The lowest BCUT2D eigenvalue weighted by atomic mass is 9.90. The molecule has 0 bridgehead atoms. The molecule has 2 heterocycles. The normalized spacial score (nSPS) is 43.2. The monoisotopic (exact) mass is 259 g/mol. The van der Waals surface area contributed by atoms with E-state index in [1.54, 1.807) is 25.7 Å².